The Bertz CT molecular complexity index is 299. The van der Waals surface area contributed by atoms with E-state index in [0.717, 1.165) is 0 Å². The molecule has 0 heterocycles. The van der Waals surface area contributed by atoms with Gasteiger partial charge in [0.15, 0.2) is 0 Å². The fourth-order valence-corrected chi connectivity index (χ4v) is 8.80. The van der Waals surface area contributed by atoms with Gasteiger partial charge >= 0.3 is 0 Å². The summed E-state index contributed by atoms with van der Waals surface area (Å²) >= 11 is 0. The fraction of sp³-hybridized carbons (Fsp3) is 0.926. The lowest BCUT2D eigenvalue weighted by molar-refractivity contribution is -0.00000640. The van der Waals surface area contributed by atoms with Gasteiger partial charge in [-0.3, -0.25) is 0 Å². The number of rotatable bonds is 22. The topological polar surface area (TPSA) is 0 Å². The summed E-state index contributed by atoms with van der Waals surface area (Å²) in [5.74, 6) is 0. The van der Waals surface area contributed by atoms with E-state index in [9.17, 15) is 0 Å². The lowest BCUT2D eigenvalue weighted by Gasteiger charge is -2.28. The fourth-order valence-electron chi connectivity index (χ4n) is 4.49. The predicted molar refractivity (Wildman–Crippen MR) is 136 cm³/mol. The minimum atomic E-state index is -0.929. The van der Waals surface area contributed by atoms with E-state index in [4.69, 9.17) is 0 Å². The van der Waals surface area contributed by atoms with Gasteiger partial charge in [-0.25, -0.2) is 0 Å². The summed E-state index contributed by atoms with van der Waals surface area (Å²) in [5, 5.41) is 1.60. The van der Waals surface area contributed by atoms with Crippen molar-refractivity contribution in [2.75, 3.05) is 18.5 Å². The molecule has 0 radical (unpaired) electrons. The number of hydrogen-bond donors (Lipinski definition) is 0. The highest BCUT2D eigenvalue weighted by Gasteiger charge is 2.36. The molecule has 0 aromatic heterocycles. The molecule has 0 N–H and O–H groups in total. The second-order valence-corrected chi connectivity index (χ2v) is 13.7. The van der Waals surface area contributed by atoms with Crippen LogP contribution < -0.4 is 12.4 Å². The minimum absolute atomic E-state index is 0. The first-order valence-electron chi connectivity index (χ1n) is 13.1. The number of allylic oxidation sites excluding steroid dienone is 1. The molecule has 0 bridgehead atoms. The molecule has 0 saturated carbocycles. The van der Waals surface area contributed by atoms with Crippen molar-refractivity contribution >= 4 is 7.26 Å². The maximum absolute atomic E-state index is 4.56. The molecule has 0 aromatic rings. The first-order valence-corrected chi connectivity index (χ1v) is 15.5. The number of halogens is 1. The quantitative estimate of drug-likeness (QED) is 0.118. The third kappa shape index (κ3) is 17.8. The van der Waals surface area contributed by atoms with Crippen molar-refractivity contribution in [3.8, 4) is 0 Å². The Morgan fingerprint density at radius 1 is 0.483 bits per heavy atom. The van der Waals surface area contributed by atoms with E-state index in [1.165, 1.54) is 134 Å². The van der Waals surface area contributed by atoms with Crippen LogP contribution in [0.1, 0.15) is 143 Å². The molecule has 2 heteroatoms. The van der Waals surface area contributed by atoms with Crippen LogP contribution in [0.4, 0.5) is 0 Å². The molecule has 0 saturated heterocycles. The number of unbranched alkanes of at least 4 members (excludes halogenated alkanes) is 15. The Kier molecular flexibility index (Phi) is 25.2. The van der Waals surface area contributed by atoms with Crippen LogP contribution in [0.5, 0.6) is 0 Å². The second-order valence-electron chi connectivity index (χ2n) is 9.35. The highest BCUT2D eigenvalue weighted by atomic mass is 35.5. The zero-order chi connectivity index (χ0) is 20.9. The van der Waals surface area contributed by atoms with Crippen LogP contribution in [0.15, 0.2) is 11.9 Å². The molecular formula is C27H56ClP. The Labute approximate surface area is 193 Å². The number of hydrogen-bond acceptors (Lipinski definition) is 0. The first-order chi connectivity index (χ1) is 13.6. The largest absolute Gasteiger partial charge is 1.00 e. The van der Waals surface area contributed by atoms with Crippen molar-refractivity contribution < 1.29 is 12.4 Å². The molecule has 0 rings (SSSR count). The van der Waals surface area contributed by atoms with Gasteiger partial charge in [-0.15, -0.1) is 0 Å². The maximum atomic E-state index is 4.56. The Morgan fingerprint density at radius 2 is 0.724 bits per heavy atom. The van der Waals surface area contributed by atoms with E-state index in [1.807, 2.05) is 0 Å². The minimum Gasteiger partial charge on any atom is -1.00 e. The van der Waals surface area contributed by atoms with Crippen molar-refractivity contribution in [2.45, 2.75) is 143 Å². The molecule has 176 valence electrons. The highest BCUT2D eigenvalue weighted by Crippen LogP contribution is 2.66. The maximum Gasteiger partial charge on any atom is 0.0638 e. The van der Waals surface area contributed by atoms with Crippen molar-refractivity contribution in [2.24, 2.45) is 0 Å². The molecule has 0 aliphatic carbocycles. The van der Waals surface area contributed by atoms with Crippen LogP contribution in [-0.4, -0.2) is 18.5 Å². The summed E-state index contributed by atoms with van der Waals surface area (Å²) in [4.78, 5) is 0. The van der Waals surface area contributed by atoms with Gasteiger partial charge in [0.25, 0.3) is 0 Å². The van der Waals surface area contributed by atoms with Gasteiger partial charge in [0.2, 0.25) is 0 Å². The van der Waals surface area contributed by atoms with Gasteiger partial charge in [-0.1, -0.05) is 104 Å². The van der Waals surface area contributed by atoms with Crippen molar-refractivity contribution in [1.29, 1.82) is 0 Å². The zero-order valence-electron chi connectivity index (χ0n) is 20.9. The molecule has 0 aromatic carbocycles. The standard InChI is InChI=1S/C27H56P.ClH/c1-6-9-12-15-18-21-24-28(27(4)5,25-22-19-16-13-10-7-2)26-23-20-17-14-11-8-3;/h4,6-26H2,1-3,5H3;1H/q+1;/p-1. The highest BCUT2D eigenvalue weighted by molar-refractivity contribution is 7.79. The van der Waals surface area contributed by atoms with E-state index in [1.54, 1.807) is 5.31 Å². The van der Waals surface area contributed by atoms with Gasteiger partial charge in [-0.05, 0) is 45.4 Å². The summed E-state index contributed by atoms with van der Waals surface area (Å²) < 4.78 is 0. The van der Waals surface area contributed by atoms with Gasteiger partial charge in [0, 0.05) is 7.26 Å². The average molecular weight is 447 g/mol. The first kappa shape index (κ1) is 31.6. The summed E-state index contributed by atoms with van der Waals surface area (Å²) in [6.07, 6.45) is 30.4. The van der Waals surface area contributed by atoms with Crippen LogP contribution in [0, 0.1) is 0 Å². The lowest BCUT2D eigenvalue weighted by atomic mass is 10.1. The van der Waals surface area contributed by atoms with Crippen molar-refractivity contribution in [3.05, 3.63) is 11.9 Å². The van der Waals surface area contributed by atoms with Crippen molar-refractivity contribution in [1.82, 2.24) is 0 Å². The van der Waals surface area contributed by atoms with E-state index in [-0.39, 0.29) is 12.4 Å². The molecular weight excluding hydrogens is 391 g/mol. The molecule has 0 atom stereocenters. The zero-order valence-corrected chi connectivity index (χ0v) is 22.5. The Hall–Kier alpha value is 0.460. The molecule has 0 nitrogen and oxygen atoms in total. The van der Waals surface area contributed by atoms with Crippen LogP contribution in [-0.2, 0) is 0 Å². The summed E-state index contributed by atoms with van der Waals surface area (Å²) in [7, 11) is -0.929. The summed E-state index contributed by atoms with van der Waals surface area (Å²) in [5.41, 5.74) is 0. The molecule has 29 heavy (non-hydrogen) atoms. The Balaban J connectivity index is 0. The van der Waals surface area contributed by atoms with Gasteiger partial charge in [-0.2, -0.15) is 0 Å². The van der Waals surface area contributed by atoms with E-state index in [0.29, 0.717) is 0 Å². The molecule has 0 spiro atoms. The molecule has 0 unspecified atom stereocenters. The molecule has 0 amide bonds. The summed E-state index contributed by atoms with van der Waals surface area (Å²) in [6.45, 7) is 13.9. The monoisotopic (exact) mass is 446 g/mol. The third-order valence-corrected chi connectivity index (χ3v) is 11.8. The van der Waals surface area contributed by atoms with Crippen molar-refractivity contribution in [3.63, 3.8) is 0 Å². The average Bonchev–Trinajstić information content (AvgIpc) is 2.69. The van der Waals surface area contributed by atoms with Crippen LogP contribution in [0.25, 0.3) is 0 Å². The van der Waals surface area contributed by atoms with Gasteiger partial charge < -0.3 is 12.4 Å². The smallest absolute Gasteiger partial charge is 0.0638 e. The molecule has 0 aliphatic rings. The summed E-state index contributed by atoms with van der Waals surface area (Å²) in [6, 6.07) is 0. The molecule has 0 aliphatic heterocycles. The van der Waals surface area contributed by atoms with Crippen LogP contribution >= 0.6 is 7.26 Å². The SMILES string of the molecule is C=C(C)[P+](CCCCCCCC)(CCCCCCCC)CCCCCCCC.[Cl-]. The van der Waals surface area contributed by atoms with Gasteiger partial charge in [0.05, 0.1) is 23.8 Å². The normalized spacial score (nSPS) is 11.4. The van der Waals surface area contributed by atoms with E-state index >= 15 is 0 Å². The van der Waals surface area contributed by atoms with E-state index in [2.05, 4.69) is 34.3 Å². The van der Waals surface area contributed by atoms with Gasteiger partial charge in [0.1, 0.15) is 0 Å². The van der Waals surface area contributed by atoms with E-state index < -0.39 is 7.26 Å². The second kappa shape index (κ2) is 23.1. The van der Waals surface area contributed by atoms with Crippen LogP contribution in [0.3, 0.4) is 0 Å². The van der Waals surface area contributed by atoms with Crippen LogP contribution in [0.2, 0.25) is 0 Å². The lowest BCUT2D eigenvalue weighted by Crippen LogP contribution is -3.00. The molecule has 0 fully saturated rings. The Morgan fingerprint density at radius 3 is 0.966 bits per heavy atom. The predicted octanol–water partition coefficient (Wildman–Crippen LogP) is 7.62. The third-order valence-electron chi connectivity index (χ3n) is 6.63.